The first-order valence-electron chi connectivity index (χ1n) is 16.6. The van der Waals surface area contributed by atoms with E-state index in [0.29, 0.717) is 0 Å². The fourth-order valence-electron chi connectivity index (χ4n) is 8.15. The zero-order valence-electron chi connectivity index (χ0n) is 26.4. The van der Waals surface area contributed by atoms with Crippen LogP contribution in [0.2, 0.25) is 0 Å². The molecule has 7 aromatic carbocycles. The Bertz CT molecular complexity index is 2150. The molecule has 0 fully saturated rings. The van der Waals surface area contributed by atoms with Gasteiger partial charge in [0.1, 0.15) is 0 Å². The highest BCUT2D eigenvalue weighted by Gasteiger charge is 2.25. The Morgan fingerprint density at radius 3 is 1.33 bits per heavy atom. The van der Waals surface area contributed by atoms with Crippen LogP contribution in [0, 0.1) is 0 Å². The third-order valence-corrected chi connectivity index (χ3v) is 10.2. The van der Waals surface area contributed by atoms with Gasteiger partial charge >= 0.3 is 0 Å². The van der Waals surface area contributed by atoms with Gasteiger partial charge in [0.2, 0.25) is 0 Å². The number of fused-ring (bicyclic) bond motifs is 9. The lowest BCUT2D eigenvalue weighted by Gasteiger charge is -2.27. The molecule has 0 saturated carbocycles. The lowest BCUT2D eigenvalue weighted by atomic mass is 9.99. The van der Waals surface area contributed by atoms with Crippen molar-refractivity contribution in [1.82, 2.24) is 0 Å². The molecule has 9 rings (SSSR count). The summed E-state index contributed by atoms with van der Waals surface area (Å²) >= 11 is 0. The van der Waals surface area contributed by atoms with Crippen molar-refractivity contribution in [3.63, 3.8) is 0 Å². The van der Waals surface area contributed by atoms with Crippen molar-refractivity contribution < 1.29 is 0 Å². The highest BCUT2D eigenvalue weighted by molar-refractivity contribution is 6.09. The van der Waals surface area contributed by atoms with Gasteiger partial charge in [-0.1, -0.05) is 97.1 Å². The van der Waals surface area contributed by atoms with Crippen LogP contribution in [-0.4, -0.2) is 13.1 Å². The second kappa shape index (κ2) is 10.6. The maximum atomic E-state index is 2.48. The summed E-state index contributed by atoms with van der Waals surface area (Å²) < 4.78 is 0. The topological polar surface area (TPSA) is 6.48 Å². The number of benzene rings is 7. The number of hydrogen-bond donors (Lipinski definition) is 0. The molecule has 0 heterocycles. The predicted molar refractivity (Wildman–Crippen MR) is 196 cm³/mol. The molecule has 0 spiro atoms. The fourth-order valence-corrected chi connectivity index (χ4v) is 8.15. The summed E-state index contributed by atoms with van der Waals surface area (Å²) in [6, 6.07) is 50.0. The summed E-state index contributed by atoms with van der Waals surface area (Å²) in [5.74, 6) is 0. The van der Waals surface area contributed by atoms with Gasteiger partial charge in [-0.15, -0.1) is 0 Å². The van der Waals surface area contributed by atoms with Crippen LogP contribution in [0.3, 0.4) is 0 Å². The van der Waals surface area contributed by atoms with Crippen LogP contribution in [0.5, 0.6) is 0 Å². The standard InChI is InChI=1S/C44H36N2/c1-3-45(41-17-9-13-33-25-29-11-5-7-15-39(29)43(33)41)35-21-23-37-31(27-35)19-20-32-28-36(22-24-38(32)37)46(4-2)42-18-10-14-34-26-30-12-6-8-16-40(30)44(34)42/h5-24,27-28H,3-4,25-26H2,1-2H3. The molecule has 2 nitrogen and oxygen atoms in total. The van der Waals surface area contributed by atoms with E-state index in [1.54, 1.807) is 0 Å². The third-order valence-electron chi connectivity index (χ3n) is 10.2. The van der Waals surface area contributed by atoms with Gasteiger partial charge in [-0.05, 0) is 118 Å². The maximum absolute atomic E-state index is 2.48. The van der Waals surface area contributed by atoms with E-state index >= 15 is 0 Å². The van der Waals surface area contributed by atoms with Crippen molar-refractivity contribution in [3.05, 3.63) is 156 Å². The van der Waals surface area contributed by atoms with Gasteiger partial charge in [-0.3, -0.25) is 0 Å². The van der Waals surface area contributed by atoms with Crippen molar-refractivity contribution in [2.45, 2.75) is 26.7 Å². The van der Waals surface area contributed by atoms with E-state index in [9.17, 15) is 0 Å². The van der Waals surface area contributed by atoms with Gasteiger partial charge in [-0.2, -0.15) is 0 Å². The molecule has 7 aromatic rings. The first-order valence-corrected chi connectivity index (χ1v) is 16.6. The summed E-state index contributed by atoms with van der Waals surface area (Å²) in [4.78, 5) is 4.95. The molecule has 0 aromatic heterocycles. The van der Waals surface area contributed by atoms with Crippen molar-refractivity contribution in [3.8, 4) is 22.3 Å². The lowest BCUT2D eigenvalue weighted by molar-refractivity contribution is 1.02. The molecule has 2 aliphatic rings. The fraction of sp³-hybridized carbons (Fsp3) is 0.136. The molecular weight excluding hydrogens is 556 g/mol. The van der Waals surface area contributed by atoms with Gasteiger partial charge in [0, 0.05) is 47.0 Å². The van der Waals surface area contributed by atoms with E-state index < -0.39 is 0 Å². The molecule has 0 bridgehead atoms. The first kappa shape index (κ1) is 27.0. The molecule has 0 radical (unpaired) electrons. The number of rotatable bonds is 6. The molecule has 46 heavy (non-hydrogen) atoms. The number of anilines is 4. The highest BCUT2D eigenvalue weighted by Crippen LogP contribution is 2.46. The molecule has 2 heteroatoms. The highest BCUT2D eigenvalue weighted by atomic mass is 15.1. The van der Waals surface area contributed by atoms with E-state index in [1.807, 2.05) is 0 Å². The molecule has 0 N–H and O–H groups in total. The van der Waals surface area contributed by atoms with E-state index in [4.69, 9.17) is 0 Å². The quantitative estimate of drug-likeness (QED) is 0.177. The van der Waals surface area contributed by atoms with E-state index in [2.05, 4.69) is 157 Å². The Morgan fingerprint density at radius 1 is 0.435 bits per heavy atom. The normalized spacial score (nSPS) is 12.6. The molecule has 0 saturated heterocycles. The van der Waals surface area contributed by atoms with Crippen LogP contribution in [0.4, 0.5) is 22.7 Å². The largest absolute Gasteiger partial charge is 0.341 e. The van der Waals surface area contributed by atoms with Crippen molar-refractivity contribution in [2.24, 2.45) is 0 Å². The van der Waals surface area contributed by atoms with Crippen molar-refractivity contribution in [2.75, 3.05) is 22.9 Å². The Morgan fingerprint density at radius 2 is 0.870 bits per heavy atom. The zero-order chi connectivity index (χ0) is 30.8. The number of nitrogens with zero attached hydrogens (tertiary/aromatic N) is 2. The molecule has 0 atom stereocenters. The summed E-state index contributed by atoms with van der Waals surface area (Å²) in [6.45, 7) is 6.32. The summed E-state index contributed by atoms with van der Waals surface area (Å²) in [6.07, 6.45) is 2.02. The van der Waals surface area contributed by atoms with Crippen LogP contribution in [-0.2, 0) is 12.8 Å². The van der Waals surface area contributed by atoms with Crippen molar-refractivity contribution in [1.29, 1.82) is 0 Å². The van der Waals surface area contributed by atoms with Crippen LogP contribution in [0.15, 0.2) is 133 Å². The number of hydrogen-bond acceptors (Lipinski definition) is 2. The third kappa shape index (κ3) is 4.10. The van der Waals surface area contributed by atoms with E-state index in [-0.39, 0.29) is 0 Å². The van der Waals surface area contributed by atoms with E-state index in [0.717, 1.165) is 25.9 Å². The maximum Gasteiger partial charge on any atom is 0.0493 e. The first-order chi connectivity index (χ1) is 22.7. The van der Waals surface area contributed by atoms with Crippen LogP contribution in [0.1, 0.15) is 36.1 Å². The second-order valence-electron chi connectivity index (χ2n) is 12.7. The van der Waals surface area contributed by atoms with Crippen molar-refractivity contribution >= 4 is 44.3 Å². The summed E-state index contributed by atoms with van der Waals surface area (Å²) in [5.41, 5.74) is 16.3. The van der Waals surface area contributed by atoms with Gasteiger partial charge in [0.05, 0.1) is 0 Å². The minimum atomic E-state index is 0.904. The lowest BCUT2D eigenvalue weighted by Crippen LogP contribution is -2.17. The Hall–Kier alpha value is -5.34. The molecule has 0 amide bonds. The Kier molecular flexibility index (Phi) is 6.24. The molecule has 2 aliphatic carbocycles. The monoisotopic (exact) mass is 592 g/mol. The Balaban J connectivity index is 1.10. The molecule has 0 aliphatic heterocycles. The Labute approximate surface area is 271 Å². The predicted octanol–water partition coefficient (Wildman–Crippen LogP) is 11.5. The molecular formula is C44H36N2. The van der Waals surface area contributed by atoms with Gasteiger partial charge in [0.25, 0.3) is 0 Å². The minimum Gasteiger partial charge on any atom is -0.341 e. The second-order valence-corrected chi connectivity index (χ2v) is 12.7. The van der Waals surface area contributed by atoms with Crippen LogP contribution in [0.25, 0.3) is 43.8 Å². The average Bonchev–Trinajstić information content (AvgIpc) is 3.68. The van der Waals surface area contributed by atoms with Crippen LogP contribution < -0.4 is 9.80 Å². The zero-order valence-corrected chi connectivity index (χ0v) is 26.4. The SMILES string of the molecule is CCN(c1ccc2c(ccc3cc(N(CC)c4cccc5c4-c4ccccc4C5)ccc32)c1)c1cccc2c1-c1ccccc1C2. The molecule has 0 unspecified atom stereocenters. The summed E-state index contributed by atoms with van der Waals surface area (Å²) in [7, 11) is 0. The minimum absolute atomic E-state index is 0.904. The molecule has 222 valence electrons. The van der Waals surface area contributed by atoms with Crippen LogP contribution >= 0.6 is 0 Å². The average molecular weight is 593 g/mol. The van der Waals surface area contributed by atoms with Gasteiger partial charge < -0.3 is 9.80 Å². The van der Waals surface area contributed by atoms with E-state index in [1.165, 1.54) is 88.8 Å². The van der Waals surface area contributed by atoms with Gasteiger partial charge in [-0.25, -0.2) is 0 Å². The smallest absolute Gasteiger partial charge is 0.0493 e. The van der Waals surface area contributed by atoms with Gasteiger partial charge in [0.15, 0.2) is 0 Å². The summed E-state index contributed by atoms with van der Waals surface area (Å²) in [5, 5.41) is 5.14.